The van der Waals surface area contributed by atoms with Gasteiger partial charge in [0.25, 0.3) is 0 Å². The van der Waals surface area contributed by atoms with E-state index in [9.17, 15) is 14.0 Å². The van der Waals surface area contributed by atoms with Crippen molar-refractivity contribution in [2.45, 2.75) is 39.5 Å². The van der Waals surface area contributed by atoms with Gasteiger partial charge in [0.2, 0.25) is 11.8 Å². The fraction of sp³-hybridized carbons (Fsp3) is 0.833. The number of hydrogen-bond acceptors (Lipinski definition) is 2. The van der Waals surface area contributed by atoms with Gasteiger partial charge < -0.3 is 0 Å². The molecule has 1 fully saturated rings. The molecular weight excluding hydrogens is 209 g/mol. The first-order valence-corrected chi connectivity index (χ1v) is 6.02. The topological polar surface area (TPSA) is 37.4 Å². The van der Waals surface area contributed by atoms with Crippen LogP contribution in [-0.4, -0.2) is 29.9 Å². The predicted octanol–water partition coefficient (Wildman–Crippen LogP) is 2.16. The molecule has 16 heavy (non-hydrogen) atoms. The van der Waals surface area contributed by atoms with E-state index >= 15 is 0 Å². The fourth-order valence-electron chi connectivity index (χ4n) is 1.87. The number of β-lactam (4-membered cyclic amide) rings is 1. The van der Waals surface area contributed by atoms with E-state index < -0.39 is 6.67 Å². The molecular formula is C12H20FNO2. The number of amides is 2. The van der Waals surface area contributed by atoms with Crippen molar-refractivity contribution in [3.05, 3.63) is 0 Å². The van der Waals surface area contributed by atoms with E-state index in [0.29, 0.717) is 13.0 Å². The summed E-state index contributed by atoms with van der Waals surface area (Å²) in [6, 6.07) is 0. The Labute approximate surface area is 96.0 Å². The summed E-state index contributed by atoms with van der Waals surface area (Å²) < 4.78 is 12.4. The van der Waals surface area contributed by atoms with E-state index in [1.807, 2.05) is 0 Å². The zero-order chi connectivity index (χ0) is 12.1. The molecule has 0 bridgehead atoms. The largest absolute Gasteiger partial charge is 0.282 e. The molecule has 2 amide bonds. The number of carbonyl (C=O) groups excluding carboxylic acids is 2. The van der Waals surface area contributed by atoms with Crippen LogP contribution in [0.3, 0.4) is 0 Å². The molecule has 0 N–H and O–H groups in total. The van der Waals surface area contributed by atoms with E-state index in [2.05, 4.69) is 6.92 Å². The lowest BCUT2D eigenvalue weighted by molar-refractivity contribution is -0.161. The molecule has 0 radical (unpaired) electrons. The van der Waals surface area contributed by atoms with E-state index in [-0.39, 0.29) is 23.7 Å². The average Bonchev–Trinajstić information content (AvgIpc) is 2.27. The summed E-state index contributed by atoms with van der Waals surface area (Å²) >= 11 is 0. The van der Waals surface area contributed by atoms with E-state index in [1.54, 1.807) is 6.92 Å². The minimum Gasteiger partial charge on any atom is -0.282 e. The van der Waals surface area contributed by atoms with Gasteiger partial charge >= 0.3 is 0 Å². The van der Waals surface area contributed by atoms with Crippen LogP contribution in [0.5, 0.6) is 0 Å². The Morgan fingerprint density at radius 2 is 2.25 bits per heavy atom. The molecule has 2 atom stereocenters. The summed E-state index contributed by atoms with van der Waals surface area (Å²) in [6.45, 7) is 3.70. The first-order valence-electron chi connectivity index (χ1n) is 6.02. The molecule has 1 saturated heterocycles. The highest BCUT2D eigenvalue weighted by Crippen LogP contribution is 2.26. The highest BCUT2D eigenvalue weighted by molar-refractivity contribution is 6.01. The summed E-state index contributed by atoms with van der Waals surface area (Å²) in [7, 11) is 0. The Balaban J connectivity index is 2.31. The molecule has 0 saturated carbocycles. The molecule has 1 aliphatic rings. The second-order valence-electron chi connectivity index (χ2n) is 4.54. The fourth-order valence-corrected chi connectivity index (χ4v) is 1.87. The number of halogens is 1. The van der Waals surface area contributed by atoms with Gasteiger partial charge in [0.15, 0.2) is 0 Å². The molecule has 0 aromatic carbocycles. The molecule has 0 aliphatic carbocycles. The lowest BCUT2D eigenvalue weighted by Crippen LogP contribution is -2.57. The van der Waals surface area contributed by atoms with E-state index in [1.165, 1.54) is 4.90 Å². The Kier molecular flexibility index (Phi) is 4.90. The number of likely N-dealkylation sites (tertiary alicyclic amines) is 1. The van der Waals surface area contributed by atoms with Gasteiger partial charge in [0.05, 0.1) is 12.6 Å². The minimum absolute atomic E-state index is 0.0965. The number of nitrogens with zero attached hydrogens (tertiary/aromatic N) is 1. The molecule has 0 spiro atoms. The van der Waals surface area contributed by atoms with Crippen LogP contribution in [0.4, 0.5) is 4.39 Å². The van der Waals surface area contributed by atoms with Crippen molar-refractivity contribution in [3.63, 3.8) is 0 Å². The van der Waals surface area contributed by atoms with Gasteiger partial charge in [-0.15, -0.1) is 0 Å². The number of unbranched alkanes of at least 4 members (excludes halogenated alkanes) is 2. The van der Waals surface area contributed by atoms with Crippen molar-refractivity contribution in [1.29, 1.82) is 0 Å². The molecule has 0 aromatic rings. The molecule has 1 rings (SSSR count). The number of imide groups is 1. The van der Waals surface area contributed by atoms with Crippen molar-refractivity contribution in [1.82, 2.24) is 4.90 Å². The second kappa shape index (κ2) is 5.97. The molecule has 92 valence electrons. The van der Waals surface area contributed by atoms with Crippen molar-refractivity contribution < 1.29 is 14.0 Å². The highest BCUT2D eigenvalue weighted by Gasteiger charge is 2.42. The minimum atomic E-state index is -0.492. The smallest absolute Gasteiger partial charge is 0.234 e. The molecule has 3 nitrogen and oxygen atoms in total. The van der Waals surface area contributed by atoms with Crippen molar-refractivity contribution in [3.8, 4) is 0 Å². The van der Waals surface area contributed by atoms with Crippen LogP contribution in [0.2, 0.25) is 0 Å². The maximum Gasteiger partial charge on any atom is 0.234 e. The monoisotopic (exact) mass is 229 g/mol. The van der Waals surface area contributed by atoms with Gasteiger partial charge in [-0.05, 0) is 12.3 Å². The van der Waals surface area contributed by atoms with Crippen LogP contribution >= 0.6 is 0 Å². The average molecular weight is 229 g/mol. The van der Waals surface area contributed by atoms with Crippen LogP contribution < -0.4 is 0 Å². The number of rotatable bonds is 6. The van der Waals surface area contributed by atoms with Crippen LogP contribution in [-0.2, 0) is 9.59 Å². The normalized spacial score (nSPS) is 21.8. The number of carbonyl (C=O) groups is 2. The molecule has 1 aliphatic heterocycles. The number of alkyl halides is 1. The standard InChI is InChI=1S/C12H20FNO2/c1-3-4-5-6-11(15)14-8-10(12(14)16)9(2)7-13/h9-10H,3-8H2,1-2H3/t9?,10-/m1/s1. The SMILES string of the molecule is CCCCCC(=O)N1C[C@H](C(C)CF)C1=O. The lowest BCUT2D eigenvalue weighted by Gasteiger charge is -2.39. The van der Waals surface area contributed by atoms with Crippen LogP contribution in [0.15, 0.2) is 0 Å². The third-order valence-corrected chi connectivity index (χ3v) is 3.19. The predicted molar refractivity (Wildman–Crippen MR) is 59.5 cm³/mol. The second-order valence-corrected chi connectivity index (χ2v) is 4.54. The zero-order valence-corrected chi connectivity index (χ0v) is 10.0. The van der Waals surface area contributed by atoms with E-state index in [4.69, 9.17) is 0 Å². The maximum absolute atomic E-state index is 12.4. The van der Waals surface area contributed by atoms with Crippen LogP contribution in [0.1, 0.15) is 39.5 Å². The third-order valence-electron chi connectivity index (χ3n) is 3.19. The van der Waals surface area contributed by atoms with Gasteiger partial charge in [-0.1, -0.05) is 26.7 Å². The Morgan fingerprint density at radius 3 is 2.75 bits per heavy atom. The summed E-state index contributed by atoms with van der Waals surface area (Å²) in [6.07, 6.45) is 3.35. The van der Waals surface area contributed by atoms with Gasteiger partial charge in [-0.25, -0.2) is 0 Å². The van der Waals surface area contributed by atoms with Crippen LogP contribution in [0, 0.1) is 11.8 Å². The van der Waals surface area contributed by atoms with Gasteiger partial charge in [-0.2, -0.15) is 0 Å². The Morgan fingerprint density at radius 1 is 1.56 bits per heavy atom. The quantitative estimate of drug-likeness (QED) is 0.517. The summed E-state index contributed by atoms with van der Waals surface area (Å²) in [5.41, 5.74) is 0. The van der Waals surface area contributed by atoms with Gasteiger partial charge in [0, 0.05) is 13.0 Å². The van der Waals surface area contributed by atoms with Crippen molar-refractivity contribution in [2.24, 2.45) is 11.8 Å². The first-order chi connectivity index (χ1) is 7.61. The van der Waals surface area contributed by atoms with Crippen molar-refractivity contribution >= 4 is 11.8 Å². The van der Waals surface area contributed by atoms with Gasteiger partial charge in [0.1, 0.15) is 0 Å². The molecule has 0 aromatic heterocycles. The number of hydrogen-bond donors (Lipinski definition) is 0. The maximum atomic E-state index is 12.4. The zero-order valence-electron chi connectivity index (χ0n) is 10.0. The Hall–Kier alpha value is -0.930. The molecule has 1 unspecified atom stereocenters. The summed E-state index contributed by atoms with van der Waals surface area (Å²) in [5.74, 6) is -0.820. The lowest BCUT2D eigenvalue weighted by atomic mass is 9.86. The molecule has 1 heterocycles. The van der Waals surface area contributed by atoms with Crippen molar-refractivity contribution in [2.75, 3.05) is 13.2 Å². The van der Waals surface area contributed by atoms with E-state index in [0.717, 1.165) is 19.3 Å². The van der Waals surface area contributed by atoms with Crippen LogP contribution in [0.25, 0.3) is 0 Å². The molecule has 4 heteroatoms. The summed E-state index contributed by atoms with van der Waals surface area (Å²) in [5, 5.41) is 0. The Bertz CT molecular complexity index is 268. The summed E-state index contributed by atoms with van der Waals surface area (Å²) in [4.78, 5) is 24.4. The third kappa shape index (κ3) is 2.80. The highest BCUT2D eigenvalue weighted by atomic mass is 19.1. The first kappa shape index (κ1) is 13.1. The van der Waals surface area contributed by atoms with Gasteiger partial charge in [-0.3, -0.25) is 18.9 Å².